The highest BCUT2D eigenvalue weighted by molar-refractivity contribution is 7.27. The Morgan fingerprint density at radius 1 is 1.20 bits per heavy atom. The number of thiophene rings is 2. The van der Waals surface area contributed by atoms with Crippen molar-refractivity contribution in [1.29, 1.82) is 0 Å². The van der Waals surface area contributed by atoms with Crippen LogP contribution in [0.5, 0.6) is 0 Å². The van der Waals surface area contributed by atoms with E-state index >= 15 is 0 Å². The smallest absolute Gasteiger partial charge is 0.273 e. The quantitative estimate of drug-likeness (QED) is 0.410. The van der Waals surface area contributed by atoms with Gasteiger partial charge in [-0.2, -0.15) is 0 Å². The molecule has 0 amide bonds. The number of nitro groups is 1. The Balaban J connectivity index is 1.89. The molecular weight excluding hydrogens is 294 g/mol. The van der Waals surface area contributed by atoms with Crippen molar-refractivity contribution >= 4 is 43.5 Å². The molecular formula is C14H9NO3S2. The van der Waals surface area contributed by atoms with Crippen LogP contribution >= 0.6 is 22.7 Å². The van der Waals surface area contributed by atoms with Crippen LogP contribution in [0.4, 0.5) is 5.69 Å². The summed E-state index contributed by atoms with van der Waals surface area (Å²) in [4.78, 5) is 23.4. The van der Waals surface area contributed by atoms with E-state index in [2.05, 4.69) is 0 Å². The Kier molecular flexibility index (Phi) is 3.33. The molecule has 0 saturated carbocycles. The number of fused-ring (bicyclic) bond motifs is 1. The predicted octanol–water partition coefficient (Wildman–Crippen LogP) is 4.30. The molecule has 100 valence electrons. The van der Waals surface area contributed by atoms with E-state index in [1.165, 1.54) is 17.4 Å². The zero-order valence-corrected chi connectivity index (χ0v) is 11.9. The van der Waals surface area contributed by atoms with Crippen LogP contribution in [-0.2, 0) is 6.42 Å². The summed E-state index contributed by atoms with van der Waals surface area (Å²) in [5.74, 6) is -0.0762. The van der Waals surface area contributed by atoms with Crippen LogP contribution in [-0.4, -0.2) is 10.7 Å². The van der Waals surface area contributed by atoms with E-state index in [1.807, 2.05) is 17.5 Å². The highest BCUT2D eigenvalue weighted by Crippen LogP contribution is 2.31. The SMILES string of the molecule is O=C(Cc1ccccc1[N+](=O)[O-])c1cc2sccc2s1. The standard InChI is InChI=1S/C14H9NO3S2/c16-11(13-8-14-12(20-13)5-6-19-14)7-9-3-1-2-4-10(9)15(17)18/h1-6,8H,7H2. The van der Waals surface area contributed by atoms with Gasteiger partial charge in [0.15, 0.2) is 5.78 Å². The zero-order valence-electron chi connectivity index (χ0n) is 10.2. The molecule has 4 nitrogen and oxygen atoms in total. The van der Waals surface area contributed by atoms with Crippen LogP contribution in [0.2, 0.25) is 0 Å². The Morgan fingerprint density at radius 2 is 2.00 bits per heavy atom. The van der Waals surface area contributed by atoms with Gasteiger partial charge in [-0.15, -0.1) is 22.7 Å². The Hall–Kier alpha value is -2.05. The van der Waals surface area contributed by atoms with E-state index in [9.17, 15) is 14.9 Å². The summed E-state index contributed by atoms with van der Waals surface area (Å²) < 4.78 is 2.17. The average Bonchev–Trinajstić information content (AvgIpc) is 2.99. The lowest BCUT2D eigenvalue weighted by Gasteiger charge is -2.00. The predicted molar refractivity (Wildman–Crippen MR) is 80.8 cm³/mol. The summed E-state index contributed by atoms with van der Waals surface area (Å²) in [6.07, 6.45) is 0.0604. The average molecular weight is 303 g/mol. The molecule has 3 aromatic rings. The highest BCUT2D eigenvalue weighted by Gasteiger charge is 2.18. The van der Waals surface area contributed by atoms with Crippen LogP contribution in [0, 0.1) is 10.1 Å². The van der Waals surface area contributed by atoms with Gasteiger partial charge in [0, 0.05) is 27.5 Å². The van der Waals surface area contributed by atoms with Crippen molar-refractivity contribution in [3.63, 3.8) is 0 Å². The van der Waals surface area contributed by atoms with E-state index in [0.29, 0.717) is 10.4 Å². The molecule has 2 aromatic heterocycles. The first kappa shape index (κ1) is 13.0. The molecule has 2 heterocycles. The summed E-state index contributed by atoms with van der Waals surface area (Å²) in [6.45, 7) is 0. The van der Waals surface area contributed by atoms with Gasteiger partial charge in [-0.1, -0.05) is 18.2 Å². The maximum absolute atomic E-state index is 12.2. The summed E-state index contributed by atoms with van der Waals surface area (Å²) in [5, 5.41) is 12.9. The van der Waals surface area contributed by atoms with Gasteiger partial charge in [-0.3, -0.25) is 14.9 Å². The van der Waals surface area contributed by atoms with Crippen molar-refractivity contribution in [1.82, 2.24) is 0 Å². The molecule has 0 aliphatic heterocycles. The molecule has 20 heavy (non-hydrogen) atoms. The molecule has 0 unspecified atom stereocenters. The number of Topliss-reactive ketones (excluding diaryl/α,β-unsaturated/α-hetero) is 1. The number of nitrogens with zero attached hydrogens (tertiary/aromatic N) is 1. The number of hydrogen-bond donors (Lipinski definition) is 0. The number of rotatable bonds is 4. The monoisotopic (exact) mass is 303 g/mol. The van der Waals surface area contributed by atoms with E-state index in [1.54, 1.807) is 29.5 Å². The molecule has 0 atom stereocenters. The van der Waals surface area contributed by atoms with Crippen LogP contribution < -0.4 is 0 Å². The fourth-order valence-electron chi connectivity index (χ4n) is 2.00. The molecule has 0 radical (unpaired) electrons. The molecule has 0 aliphatic rings. The highest BCUT2D eigenvalue weighted by atomic mass is 32.1. The molecule has 0 aliphatic carbocycles. The fourth-order valence-corrected chi connectivity index (χ4v) is 4.05. The van der Waals surface area contributed by atoms with Crippen molar-refractivity contribution in [3.8, 4) is 0 Å². The number of benzene rings is 1. The van der Waals surface area contributed by atoms with Gasteiger partial charge >= 0.3 is 0 Å². The Bertz CT molecular complexity index is 775. The van der Waals surface area contributed by atoms with Crippen molar-refractivity contribution < 1.29 is 9.72 Å². The van der Waals surface area contributed by atoms with Crippen LogP contribution in [0.1, 0.15) is 15.2 Å². The first-order chi connectivity index (χ1) is 9.65. The second-order valence-corrected chi connectivity index (χ2v) is 6.28. The number of carbonyl (C=O) groups is 1. The molecule has 0 bridgehead atoms. The van der Waals surface area contributed by atoms with Gasteiger partial charge in [0.25, 0.3) is 5.69 Å². The number of carbonyl (C=O) groups excluding carboxylic acids is 1. The molecule has 3 rings (SSSR count). The van der Waals surface area contributed by atoms with E-state index in [0.717, 1.165) is 9.40 Å². The molecule has 0 N–H and O–H groups in total. The first-order valence-corrected chi connectivity index (χ1v) is 7.57. The largest absolute Gasteiger partial charge is 0.293 e. The van der Waals surface area contributed by atoms with Gasteiger partial charge in [0.1, 0.15) is 0 Å². The minimum atomic E-state index is -0.449. The van der Waals surface area contributed by atoms with Gasteiger partial charge < -0.3 is 0 Å². The normalized spacial score (nSPS) is 10.8. The fraction of sp³-hybridized carbons (Fsp3) is 0.0714. The van der Waals surface area contributed by atoms with Crippen LogP contribution in [0.3, 0.4) is 0 Å². The van der Waals surface area contributed by atoms with Crippen molar-refractivity contribution in [2.45, 2.75) is 6.42 Å². The lowest BCUT2D eigenvalue weighted by atomic mass is 10.1. The van der Waals surface area contributed by atoms with Gasteiger partial charge in [0.05, 0.1) is 9.80 Å². The Morgan fingerprint density at radius 3 is 2.75 bits per heavy atom. The zero-order chi connectivity index (χ0) is 14.1. The Labute approximate surface area is 122 Å². The topological polar surface area (TPSA) is 60.2 Å². The summed E-state index contributed by atoms with van der Waals surface area (Å²) >= 11 is 3.03. The lowest BCUT2D eigenvalue weighted by Crippen LogP contribution is -2.04. The number of nitro benzene ring substituents is 1. The van der Waals surface area contributed by atoms with E-state index in [-0.39, 0.29) is 17.9 Å². The molecule has 6 heteroatoms. The van der Waals surface area contributed by atoms with Crippen LogP contribution in [0.25, 0.3) is 9.40 Å². The molecule has 0 spiro atoms. The maximum Gasteiger partial charge on any atom is 0.273 e. The second-order valence-electron chi connectivity index (χ2n) is 4.25. The van der Waals surface area contributed by atoms with Crippen molar-refractivity contribution in [2.24, 2.45) is 0 Å². The summed E-state index contributed by atoms with van der Waals surface area (Å²) in [5.41, 5.74) is 0.457. The second kappa shape index (κ2) is 5.15. The lowest BCUT2D eigenvalue weighted by molar-refractivity contribution is -0.385. The minimum Gasteiger partial charge on any atom is -0.293 e. The summed E-state index contributed by atoms with van der Waals surface area (Å²) in [6, 6.07) is 10.2. The number of ketones is 1. The number of para-hydroxylation sites is 1. The van der Waals surface area contributed by atoms with E-state index in [4.69, 9.17) is 0 Å². The molecule has 0 saturated heterocycles. The molecule has 0 fully saturated rings. The minimum absolute atomic E-state index is 0.000724. The molecule has 1 aromatic carbocycles. The third-order valence-electron chi connectivity index (χ3n) is 2.95. The third-order valence-corrected chi connectivity index (χ3v) is 5.09. The van der Waals surface area contributed by atoms with Crippen molar-refractivity contribution in [2.75, 3.05) is 0 Å². The number of hydrogen-bond acceptors (Lipinski definition) is 5. The van der Waals surface area contributed by atoms with Crippen LogP contribution in [0.15, 0.2) is 41.8 Å². The summed E-state index contributed by atoms with van der Waals surface area (Å²) in [7, 11) is 0. The van der Waals surface area contributed by atoms with E-state index < -0.39 is 4.92 Å². The third kappa shape index (κ3) is 2.35. The first-order valence-electron chi connectivity index (χ1n) is 5.87. The maximum atomic E-state index is 12.2. The van der Waals surface area contributed by atoms with Gasteiger partial charge in [-0.25, -0.2) is 0 Å². The van der Waals surface area contributed by atoms with Gasteiger partial charge in [0.2, 0.25) is 0 Å². The van der Waals surface area contributed by atoms with Gasteiger partial charge in [-0.05, 0) is 17.5 Å². The van der Waals surface area contributed by atoms with Crippen molar-refractivity contribution in [3.05, 3.63) is 62.3 Å².